The molecule has 5 heteroatoms. The van der Waals surface area contributed by atoms with E-state index in [4.69, 9.17) is 9.15 Å². The minimum Gasteiger partial charge on any atom is -0.464 e. The lowest BCUT2D eigenvalue weighted by Crippen LogP contribution is -2.44. The van der Waals surface area contributed by atoms with E-state index in [1.54, 1.807) is 0 Å². The Hall–Kier alpha value is -0.880. The zero-order valence-corrected chi connectivity index (χ0v) is 14.7. The summed E-state index contributed by atoms with van der Waals surface area (Å²) in [6.07, 6.45) is 3.45. The number of hydrogen-bond donors (Lipinski definition) is 1. The van der Waals surface area contributed by atoms with Crippen molar-refractivity contribution in [1.82, 2.24) is 9.80 Å². The first-order valence-electron chi connectivity index (χ1n) is 9.50. The largest absolute Gasteiger partial charge is 0.464 e. The molecule has 24 heavy (non-hydrogen) atoms. The third-order valence-electron chi connectivity index (χ3n) is 5.60. The van der Waals surface area contributed by atoms with E-state index in [0.717, 1.165) is 63.4 Å². The number of morpholine rings is 1. The van der Waals surface area contributed by atoms with Crippen LogP contribution in [0.3, 0.4) is 0 Å². The highest BCUT2D eigenvalue weighted by molar-refractivity contribution is 5.17. The molecule has 0 aromatic carbocycles. The summed E-state index contributed by atoms with van der Waals surface area (Å²) in [6.45, 7) is 8.02. The summed E-state index contributed by atoms with van der Waals surface area (Å²) in [4.78, 5) is 4.71. The summed E-state index contributed by atoms with van der Waals surface area (Å²) in [6, 6.07) is 4.90. The maximum Gasteiger partial charge on any atom is 0.118 e. The third kappa shape index (κ3) is 4.20. The van der Waals surface area contributed by atoms with Gasteiger partial charge in [-0.1, -0.05) is 6.92 Å². The molecule has 3 aliphatic rings. The zero-order valence-electron chi connectivity index (χ0n) is 14.7. The van der Waals surface area contributed by atoms with E-state index >= 15 is 0 Å². The average Bonchev–Trinajstić information content (AvgIpc) is 3.49. The van der Waals surface area contributed by atoms with Crippen molar-refractivity contribution in [2.24, 2.45) is 5.92 Å². The van der Waals surface area contributed by atoms with Crippen LogP contribution in [0.1, 0.15) is 43.6 Å². The Bertz CT molecular complexity index is 536. The maximum atomic E-state index is 10.5. The van der Waals surface area contributed by atoms with E-state index in [1.165, 1.54) is 19.3 Å². The van der Waals surface area contributed by atoms with Crippen LogP contribution in [0.4, 0.5) is 0 Å². The average molecular weight is 334 g/mol. The van der Waals surface area contributed by atoms with Crippen LogP contribution in [0.15, 0.2) is 16.5 Å². The molecule has 1 aromatic rings. The van der Waals surface area contributed by atoms with Crippen molar-refractivity contribution in [2.45, 2.75) is 50.8 Å². The molecule has 1 aliphatic heterocycles. The van der Waals surface area contributed by atoms with Gasteiger partial charge in [-0.3, -0.25) is 9.80 Å². The van der Waals surface area contributed by atoms with Gasteiger partial charge in [0.25, 0.3) is 0 Å². The van der Waals surface area contributed by atoms with Crippen LogP contribution in [0.25, 0.3) is 0 Å². The van der Waals surface area contributed by atoms with E-state index in [1.807, 2.05) is 0 Å². The van der Waals surface area contributed by atoms with Crippen molar-refractivity contribution < 1.29 is 14.3 Å². The first-order valence-corrected chi connectivity index (χ1v) is 9.50. The van der Waals surface area contributed by atoms with Gasteiger partial charge in [0.1, 0.15) is 11.5 Å². The molecule has 0 radical (unpaired) electrons. The summed E-state index contributed by atoms with van der Waals surface area (Å²) < 4.78 is 11.4. The zero-order chi connectivity index (χ0) is 16.5. The molecule has 2 saturated carbocycles. The normalized spacial score (nSPS) is 29.1. The Balaban J connectivity index is 1.30. The molecule has 4 rings (SSSR count). The van der Waals surface area contributed by atoms with Crippen LogP contribution in [0.2, 0.25) is 0 Å². The fraction of sp³-hybridized carbons (Fsp3) is 0.789. The van der Waals surface area contributed by atoms with Crippen molar-refractivity contribution in [3.05, 3.63) is 23.7 Å². The van der Waals surface area contributed by atoms with Gasteiger partial charge in [-0.25, -0.2) is 0 Å². The minimum absolute atomic E-state index is 0.304. The molecule has 3 unspecified atom stereocenters. The maximum absolute atomic E-state index is 10.5. The second-order valence-electron chi connectivity index (χ2n) is 7.85. The number of aliphatic hydroxyl groups is 1. The van der Waals surface area contributed by atoms with Crippen molar-refractivity contribution in [3.8, 4) is 0 Å². The molecule has 0 amide bonds. The van der Waals surface area contributed by atoms with E-state index in [9.17, 15) is 5.11 Å². The number of ether oxygens (including phenoxy) is 1. The van der Waals surface area contributed by atoms with Gasteiger partial charge in [0.15, 0.2) is 0 Å². The van der Waals surface area contributed by atoms with E-state index in [-0.39, 0.29) is 6.10 Å². The lowest BCUT2D eigenvalue weighted by Gasteiger charge is -2.31. The SMILES string of the molecule is CC1CC1c1ccc(CN(CC(O)CN2CCOCC2)C2CC2)o1. The molecule has 3 atom stereocenters. The van der Waals surface area contributed by atoms with Gasteiger partial charge >= 0.3 is 0 Å². The minimum atomic E-state index is -0.304. The highest BCUT2D eigenvalue weighted by Gasteiger charge is 2.37. The van der Waals surface area contributed by atoms with Gasteiger partial charge in [0, 0.05) is 38.1 Å². The highest BCUT2D eigenvalue weighted by atomic mass is 16.5. The molecule has 5 nitrogen and oxygen atoms in total. The van der Waals surface area contributed by atoms with E-state index in [0.29, 0.717) is 12.0 Å². The Morgan fingerprint density at radius 2 is 2.04 bits per heavy atom. The van der Waals surface area contributed by atoms with E-state index < -0.39 is 0 Å². The first-order chi connectivity index (χ1) is 11.7. The molecule has 1 saturated heterocycles. The third-order valence-corrected chi connectivity index (χ3v) is 5.60. The van der Waals surface area contributed by atoms with Gasteiger partial charge in [-0.2, -0.15) is 0 Å². The van der Waals surface area contributed by atoms with Gasteiger partial charge in [0.05, 0.1) is 25.9 Å². The lowest BCUT2D eigenvalue weighted by molar-refractivity contribution is 0.00499. The van der Waals surface area contributed by atoms with Crippen LogP contribution in [0.5, 0.6) is 0 Å². The Morgan fingerprint density at radius 1 is 1.29 bits per heavy atom. The Morgan fingerprint density at radius 3 is 2.71 bits per heavy atom. The van der Waals surface area contributed by atoms with Crippen LogP contribution in [-0.4, -0.2) is 66.4 Å². The lowest BCUT2D eigenvalue weighted by atomic mass is 10.2. The molecule has 3 fully saturated rings. The number of rotatable bonds is 8. The Labute approximate surface area is 144 Å². The van der Waals surface area contributed by atoms with Crippen LogP contribution in [-0.2, 0) is 11.3 Å². The van der Waals surface area contributed by atoms with Gasteiger partial charge in [-0.15, -0.1) is 0 Å². The highest BCUT2D eigenvalue weighted by Crippen LogP contribution is 2.47. The topological polar surface area (TPSA) is 49.1 Å². The smallest absolute Gasteiger partial charge is 0.118 e. The standard InChI is InChI=1S/C19H30N2O3/c1-14-10-18(14)19-5-4-17(24-19)13-21(15-2-3-15)12-16(22)11-20-6-8-23-9-7-20/h4-5,14-16,18,22H,2-3,6-13H2,1H3. The summed E-state index contributed by atoms with van der Waals surface area (Å²) in [5.41, 5.74) is 0. The number of nitrogens with zero attached hydrogens (tertiary/aromatic N) is 2. The van der Waals surface area contributed by atoms with Gasteiger partial charge < -0.3 is 14.3 Å². The fourth-order valence-electron chi connectivity index (χ4n) is 3.79. The number of hydrogen-bond acceptors (Lipinski definition) is 5. The summed E-state index contributed by atoms with van der Waals surface area (Å²) in [5.74, 6) is 3.62. The second-order valence-corrected chi connectivity index (χ2v) is 7.85. The first kappa shape index (κ1) is 16.6. The van der Waals surface area contributed by atoms with Gasteiger partial charge in [0.2, 0.25) is 0 Å². The summed E-state index contributed by atoms with van der Waals surface area (Å²) >= 11 is 0. The van der Waals surface area contributed by atoms with Crippen molar-refractivity contribution >= 4 is 0 Å². The summed E-state index contributed by atoms with van der Waals surface area (Å²) in [7, 11) is 0. The van der Waals surface area contributed by atoms with Gasteiger partial charge in [-0.05, 0) is 37.3 Å². The number of aliphatic hydroxyl groups excluding tert-OH is 1. The molecule has 0 bridgehead atoms. The predicted molar refractivity (Wildman–Crippen MR) is 91.9 cm³/mol. The molecular weight excluding hydrogens is 304 g/mol. The predicted octanol–water partition coefficient (Wildman–Crippen LogP) is 2.06. The quantitative estimate of drug-likeness (QED) is 0.789. The molecule has 134 valence electrons. The molecular formula is C19H30N2O3. The van der Waals surface area contributed by atoms with Crippen molar-refractivity contribution in [1.29, 1.82) is 0 Å². The molecule has 2 aliphatic carbocycles. The molecule has 0 spiro atoms. The summed E-state index contributed by atoms with van der Waals surface area (Å²) in [5, 5.41) is 10.5. The van der Waals surface area contributed by atoms with Crippen molar-refractivity contribution in [3.63, 3.8) is 0 Å². The number of furan rings is 1. The second kappa shape index (κ2) is 7.16. The molecule has 1 aromatic heterocycles. The van der Waals surface area contributed by atoms with Crippen LogP contribution in [0, 0.1) is 5.92 Å². The molecule has 2 heterocycles. The van der Waals surface area contributed by atoms with Crippen molar-refractivity contribution in [2.75, 3.05) is 39.4 Å². The van der Waals surface area contributed by atoms with E-state index in [2.05, 4.69) is 28.9 Å². The molecule has 1 N–H and O–H groups in total. The Kier molecular flexibility index (Phi) is 4.95. The monoisotopic (exact) mass is 334 g/mol. The fourth-order valence-corrected chi connectivity index (χ4v) is 3.79. The number of β-amino-alcohol motifs (C(OH)–C–C–N with tert-alkyl or cyclic N) is 1. The van der Waals surface area contributed by atoms with Crippen LogP contribution < -0.4 is 0 Å². The van der Waals surface area contributed by atoms with Crippen LogP contribution >= 0.6 is 0 Å².